The normalized spacial score (nSPS) is 16.1. The molecule has 282 valence electrons. The number of hydrogen-bond acceptors (Lipinski definition) is 10. The quantitative estimate of drug-likeness (QED) is 0.300. The van der Waals surface area contributed by atoms with E-state index in [0.29, 0.717) is 51.1 Å². The van der Waals surface area contributed by atoms with Gasteiger partial charge in [-0.1, -0.05) is 36.4 Å². The molecular weight excluding hydrogens is 668 g/mol. The number of nitrogens with one attached hydrogen (secondary N) is 2. The van der Waals surface area contributed by atoms with Gasteiger partial charge in [-0.15, -0.1) is 0 Å². The van der Waals surface area contributed by atoms with Crippen LogP contribution in [0.3, 0.4) is 0 Å². The zero-order valence-corrected chi connectivity index (χ0v) is 31.3. The molecule has 0 spiro atoms. The van der Waals surface area contributed by atoms with Crippen LogP contribution in [0.1, 0.15) is 79.7 Å². The zero-order valence-electron chi connectivity index (χ0n) is 31.3. The van der Waals surface area contributed by atoms with Gasteiger partial charge in [-0.2, -0.15) is 0 Å². The van der Waals surface area contributed by atoms with Crippen LogP contribution in [0.5, 0.6) is 0 Å². The van der Waals surface area contributed by atoms with E-state index in [1.54, 1.807) is 47.6 Å². The van der Waals surface area contributed by atoms with Gasteiger partial charge in [0.25, 0.3) is 0 Å². The fraction of sp³-hybridized carbons (Fsp3) is 0.526. The van der Waals surface area contributed by atoms with Crippen LogP contribution in [-0.4, -0.2) is 95.2 Å². The van der Waals surface area contributed by atoms with Gasteiger partial charge in [0.05, 0.1) is 18.2 Å². The second-order valence-electron chi connectivity index (χ2n) is 15.0. The van der Waals surface area contributed by atoms with Gasteiger partial charge in [-0.3, -0.25) is 9.59 Å². The van der Waals surface area contributed by atoms with E-state index in [-0.39, 0.29) is 36.7 Å². The average molecular weight is 721 g/mol. The van der Waals surface area contributed by atoms with E-state index in [1.807, 2.05) is 48.5 Å². The number of anilines is 1. The molecule has 2 fully saturated rings. The number of piperidine rings is 1. The maximum absolute atomic E-state index is 13.3. The molecule has 14 nitrogen and oxygen atoms in total. The minimum absolute atomic E-state index is 0.0491. The summed E-state index contributed by atoms with van der Waals surface area (Å²) in [6, 6.07) is 15.6. The molecule has 0 aliphatic carbocycles. The van der Waals surface area contributed by atoms with Gasteiger partial charge in [0.15, 0.2) is 5.78 Å². The number of carbonyl (C=O) groups is 5. The fourth-order valence-electron chi connectivity index (χ4n) is 5.67. The van der Waals surface area contributed by atoms with Crippen molar-refractivity contribution in [3.05, 3.63) is 60.2 Å². The molecule has 0 saturated carbocycles. The molecular formula is C38H52N6O8. The van der Waals surface area contributed by atoms with E-state index in [9.17, 15) is 24.0 Å². The van der Waals surface area contributed by atoms with E-state index in [1.165, 1.54) is 16.7 Å². The molecule has 0 unspecified atom stereocenters. The predicted octanol–water partition coefficient (Wildman–Crippen LogP) is 5.91. The number of aliphatic imine (C=N–C) groups is 1. The first-order valence-electron chi connectivity index (χ1n) is 17.7. The van der Waals surface area contributed by atoms with Crippen molar-refractivity contribution in [2.45, 2.75) is 104 Å². The van der Waals surface area contributed by atoms with Crippen molar-refractivity contribution in [2.75, 3.05) is 31.1 Å². The minimum Gasteiger partial charge on any atom is -0.445 e. The lowest BCUT2D eigenvalue weighted by Gasteiger charge is -2.37. The first-order chi connectivity index (χ1) is 24.5. The van der Waals surface area contributed by atoms with E-state index in [4.69, 9.17) is 19.2 Å². The second-order valence-corrected chi connectivity index (χ2v) is 15.0. The van der Waals surface area contributed by atoms with E-state index < -0.39 is 35.5 Å². The summed E-state index contributed by atoms with van der Waals surface area (Å²) in [4.78, 5) is 73.7. The lowest BCUT2D eigenvalue weighted by molar-refractivity contribution is -0.126. The van der Waals surface area contributed by atoms with Gasteiger partial charge in [0.2, 0.25) is 11.9 Å². The molecule has 14 heteroatoms. The molecule has 2 heterocycles. The highest BCUT2D eigenvalue weighted by molar-refractivity contribution is 6.03. The van der Waals surface area contributed by atoms with Crippen molar-refractivity contribution < 1.29 is 38.2 Å². The Hall–Kier alpha value is -5.14. The van der Waals surface area contributed by atoms with Crippen LogP contribution < -0.4 is 15.5 Å². The number of benzene rings is 2. The number of ether oxygens (including phenoxy) is 3. The molecule has 0 bridgehead atoms. The summed E-state index contributed by atoms with van der Waals surface area (Å²) < 4.78 is 16.5. The smallest absolute Gasteiger partial charge is 0.417 e. The molecule has 2 saturated heterocycles. The molecule has 2 aromatic carbocycles. The van der Waals surface area contributed by atoms with Gasteiger partial charge in [-0.25, -0.2) is 29.2 Å². The number of alkyl carbamates (subject to hydrolysis) is 1. The Morgan fingerprint density at radius 2 is 1.42 bits per heavy atom. The van der Waals surface area contributed by atoms with Gasteiger partial charge in [0.1, 0.15) is 17.8 Å². The summed E-state index contributed by atoms with van der Waals surface area (Å²) in [5.74, 6) is -0.547. The van der Waals surface area contributed by atoms with Crippen LogP contribution in [0.25, 0.3) is 0 Å². The lowest BCUT2D eigenvalue weighted by atomic mass is 10.0. The highest BCUT2D eigenvalue weighted by Crippen LogP contribution is 2.27. The number of rotatable bonds is 9. The van der Waals surface area contributed by atoms with Gasteiger partial charge in [-0.05, 0) is 91.5 Å². The Labute approximate surface area is 305 Å². The highest BCUT2D eigenvalue weighted by Gasteiger charge is 2.37. The molecule has 2 N–H and O–H groups in total. The van der Waals surface area contributed by atoms with Crippen molar-refractivity contribution in [1.82, 2.24) is 20.4 Å². The molecule has 0 aromatic heterocycles. The molecule has 2 aromatic rings. The Balaban J connectivity index is 1.38. The maximum Gasteiger partial charge on any atom is 0.417 e. The largest absolute Gasteiger partial charge is 0.445 e. The van der Waals surface area contributed by atoms with Crippen LogP contribution in [0, 0.1) is 0 Å². The summed E-state index contributed by atoms with van der Waals surface area (Å²) in [5.41, 5.74) is 0.747. The highest BCUT2D eigenvalue weighted by atomic mass is 16.6. The van der Waals surface area contributed by atoms with Gasteiger partial charge < -0.3 is 29.7 Å². The third-order valence-electron chi connectivity index (χ3n) is 8.14. The second kappa shape index (κ2) is 17.4. The SMILES string of the molecule is CC(=O)[C@H](CC(=O)NC1CCN(c2cccc(N=C3N(C(=O)OC(C)(C)C)CCCN3C(=O)OC(C)(C)C)c2)CC1)NC(=O)OCc1ccccc1. The predicted molar refractivity (Wildman–Crippen MR) is 196 cm³/mol. The van der Waals surface area contributed by atoms with Gasteiger partial charge >= 0.3 is 18.3 Å². The third kappa shape index (κ3) is 12.3. The number of Topliss-reactive ketones (excluding diaryl/α,β-unsaturated/α-hetero) is 1. The minimum atomic E-state index is -1.01. The number of amides is 4. The van der Waals surface area contributed by atoms with Crippen LogP contribution in [0.15, 0.2) is 59.6 Å². The first-order valence-corrected chi connectivity index (χ1v) is 17.7. The zero-order chi connectivity index (χ0) is 38.1. The van der Waals surface area contributed by atoms with Gasteiger partial charge in [0, 0.05) is 37.9 Å². The van der Waals surface area contributed by atoms with E-state index >= 15 is 0 Å². The molecule has 2 aliphatic heterocycles. The average Bonchev–Trinajstić information content (AvgIpc) is 3.06. The number of hydrogen-bond donors (Lipinski definition) is 2. The fourth-order valence-corrected chi connectivity index (χ4v) is 5.67. The molecule has 1 atom stereocenters. The number of carbonyl (C=O) groups excluding carboxylic acids is 5. The Morgan fingerprint density at radius 1 is 0.827 bits per heavy atom. The topological polar surface area (TPSA) is 159 Å². The molecule has 0 radical (unpaired) electrons. The van der Waals surface area contributed by atoms with E-state index in [0.717, 1.165) is 11.3 Å². The van der Waals surface area contributed by atoms with Crippen molar-refractivity contribution >= 4 is 47.3 Å². The molecule has 2 aliphatic rings. The Bertz CT molecular complexity index is 1570. The van der Waals surface area contributed by atoms with Crippen molar-refractivity contribution in [1.29, 1.82) is 0 Å². The Morgan fingerprint density at radius 3 is 1.98 bits per heavy atom. The van der Waals surface area contributed by atoms with Crippen molar-refractivity contribution in [3.8, 4) is 0 Å². The summed E-state index contributed by atoms with van der Waals surface area (Å²) in [5, 5.41) is 5.51. The maximum atomic E-state index is 13.3. The standard InChI is InChI=1S/C38H52N6O8/c1-26(45)31(41-34(47)50-25-27-13-9-8-10-14-27)24-32(46)39-28-17-21-42(22-18-28)30-16-11-15-29(23-30)40-33-43(35(48)51-37(2,3)4)19-12-20-44(33)36(49)52-38(5,6)7/h8-11,13-16,23,28,31H,12,17-22,24-25H2,1-7H3,(H,39,46)(H,41,47)/t31-/m0/s1. The first kappa shape index (κ1) is 39.6. The van der Waals surface area contributed by atoms with Crippen molar-refractivity contribution in [3.63, 3.8) is 0 Å². The lowest BCUT2D eigenvalue weighted by Crippen LogP contribution is -2.56. The Kier molecular flexibility index (Phi) is 13.3. The number of nitrogens with zero attached hydrogens (tertiary/aromatic N) is 4. The van der Waals surface area contributed by atoms with Crippen LogP contribution in [0.2, 0.25) is 0 Å². The summed E-state index contributed by atoms with van der Waals surface area (Å²) in [6.45, 7) is 14.0. The van der Waals surface area contributed by atoms with Crippen LogP contribution >= 0.6 is 0 Å². The van der Waals surface area contributed by atoms with Crippen molar-refractivity contribution in [2.24, 2.45) is 4.99 Å². The third-order valence-corrected chi connectivity index (χ3v) is 8.14. The summed E-state index contributed by atoms with van der Waals surface area (Å²) >= 11 is 0. The number of ketones is 1. The monoisotopic (exact) mass is 720 g/mol. The molecule has 4 amide bonds. The summed E-state index contributed by atoms with van der Waals surface area (Å²) in [6.07, 6.45) is -0.339. The summed E-state index contributed by atoms with van der Waals surface area (Å²) in [7, 11) is 0. The van der Waals surface area contributed by atoms with Crippen LogP contribution in [0.4, 0.5) is 25.8 Å². The van der Waals surface area contributed by atoms with E-state index in [2.05, 4.69) is 15.5 Å². The van der Waals surface area contributed by atoms with Crippen LogP contribution in [-0.2, 0) is 30.4 Å². The molecule has 52 heavy (non-hydrogen) atoms. The molecule has 4 rings (SSSR count). The number of guanidine groups is 1.